The Morgan fingerprint density at radius 1 is 1.25 bits per heavy atom. The smallest absolute Gasteiger partial charge is 0.362 e. The first kappa shape index (κ1) is 16.5. The maximum atomic E-state index is 12.0. The summed E-state index contributed by atoms with van der Waals surface area (Å²) in [6.07, 6.45) is -2.75. The molecule has 0 heterocycles. The number of alkyl halides is 3. The molecule has 0 radical (unpaired) electrons. The van der Waals surface area contributed by atoms with Gasteiger partial charge in [-0.25, -0.2) is 0 Å². The number of hydrogen-bond acceptors (Lipinski definition) is 2. The van der Waals surface area contributed by atoms with Crippen molar-refractivity contribution in [3.8, 4) is 0 Å². The summed E-state index contributed by atoms with van der Waals surface area (Å²) < 4.78 is 40.4. The van der Waals surface area contributed by atoms with E-state index in [4.69, 9.17) is 0 Å². The fourth-order valence-corrected chi connectivity index (χ4v) is 1.65. The number of hydrogen-bond donors (Lipinski definition) is 0. The minimum absolute atomic E-state index is 0.464. The molecule has 0 atom stereocenters. The van der Waals surface area contributed by atoms with E-state index in [1.165, 1.54) is 4.90 Å². The number of carbonyl (C=O) groups excluding carboxylic acids is 1. The van der Waals surface area contributed by atoms with E-state index in [0.29, 0.717) is 12.2 Å². The van der Waals surface area contributed by atoms with Gasteiger partial charge in [-0.15, -0.1) is 0 Å². The number of amides is 1. The van der Waals surface area contributed by atoms with Gasteiger partial charge >= 0.3 is 6.18 Å². The Labute approximate surface area is 116 Å². The highest BCUT2D eigenvalue weighted by Crippen LogP contribution is 2.16. The molecule has 0 bridgehead atoms. The van der Waals surface area contributed by atoms with Crippen LogP contribution in [0.1, 0.15) is 19.8 Å². The second kappa shape index (κ2) is 7.89. The third-order valence-electron chi connectivity index (χ3n) is 2.60. The summed E-state index contributed by atoms with van der Waals surface area (Å²) in [5, 5.41) is 0. The number of anilines is 1. The van der Waals surface area contributed by atoms with Crippen LogP contribution in [0.15, 0.2) is 30.3 Å². The van der Waals surface area contributed by atoms with Gasteiger partial charge in [0.15, 0.2) is 0 Å². The fraction of sp³-hybridized carbons (Fsp3) is 0.500. The van der Waals surface area contributed by atoms with Gasteiger partial charge < -0.3 is 9.64 Å². The van der Waals surface area contributed by atoms with Crippen LogP contribution in [0.3, 0.4) is 0 Å². The molecule has 0 N–H and O–H groups in total. The lowest BCUT2D eigenvalue weighted by molar-refractivity contribution is -0.175. The third-order valence-corrected chi connectivity index (χ3v) is 2.60. The first-order chi connectivity index (χ1) is 9.44. The zero-order valence-corrected chi connectivity index (χ0v) is 11.3. The van der Waals surface area contributed by atoms with Gasteiger partial charge in [-0.2, -0.15) is 13.2 Å². The SMILES string of the molecule is CCCCN(C(=O)COCC(F)(F)F)c1ccccc1. The number of benzene rings is 1. The molecule has 112 valence electrons. The number of para-hydroxylation sites is 1. The van der Waals surface area contributed by atoms with E-state index >= 15 is 0 Å². The van der Waals surface area contributed by atoms with Crippen molar-refractivity contribution in [2.45, 2.75) is 25.9 Å². The zero-order valence-electron chi connectivity index (χ0n) is 11.3. The van der Waals surface area contributed by atoms with Crippen LogP contribution in [-0.2, 0) is 9.53 Å². The molecule has 6 heteroatoms. The maximum absolute atomic E-state index is 12.0. The Hall–Kier alpha value is -1.56. The number of ether oxygens (including phenoxy) is 1. The predicted octanol–water partition coefficient (Wildman–Crippen LogP) is 3.40. The van der Waals surface area contributed by atoms with Crippen LogP contribution in [0, 0.1) is 0 Å². The summed E-state index contributed by atoms with van der Waals surface area (Å²) in [5.74, 6) is -0.464. The molecule has 1 amide bonds. The van der Waals surface area contributed by atoms with E-state index in [1.807, 2.05) is 13.0 Å². The van der Waals surface area contributed by atoms with E-state index in [1.54, 1.807) is 24.3 Å². The van der Waals surface area contributed by atoms with Crippen LogP contribution >= 0.6 is 0 Å². The zero-order chi connectivity index (χ0) is 15.0. The molecule has 1 aromatic rings. The minimum Gasteiger partial charge on any atom is -0.362 e. The fourth-order valence-electron chi connectivity index (χ4n) is 1.65. The lowest BCUT2D eigenvalue weighted by Crippen LogP contribution is -2.35. The number of rotatable bonds is 7. The van der Waals surface area contributed by atoms with Crippen molar-refractivity contribution in [2.75, 3.05) is 24.7 Å². The molecule has 0 spiro atoms. The standard InChI is InChI=1S/C14H18F3NO2/c1-2-3-9-18(12-7-5-4-6-8-12)13(19)10-20-11-14(15,16)17/h4-8H,2-3,9-11H2,1H3. The monoisotopic (exact) mass is 289 g/mol. The first-order valence-electron chi connectivity index (χ1n) is 6.44. The second-order valence-electron chi connectivity index (χ2n) is 4.34. The van der Waals surface area contributed by atoms with Crippen molar-refractivity contribution in [3.05, 3.63) is 30.3 Å². The van der Waals surface area contributed by atoms with Crippen molar-refractivity contribution in [3.63, 3.8) is 0 Å². The van der Waals surface area contributed by atoms with Gasteiger partial charge in [-0.3, -0.25) is 4.79 Å². The molecule has 0 aliphatic carbocycles. The Bertz CT molecular complexity index is 407. The number of halogens is 3. The van der Waals surface area contributed by atoms with Crippen LogP contribution in [0.25, 0.3) is 0 Å². The Morgan fingerprint density at radius 2 is 1.90 bits per heavy atom. The Morgan fingerprint density at radius 3 is 2.45 bits per heavy atom. The molecular weight excluding hydrogens is 271 g/mol. The van der Waals surface area contributed by atoms with Gasteiger partial charge in [0.1, 0.15) is 13.2 Å². The maximum Gasteiger partial charge on any atom is 0.411 e. The molecule has 0 aromatic heterocycles. The highest BCUT2D eigenvalue weighted by atomic mass is 19.4. The van der Waals surface area contributed by atoms with E-state index < -0.39 is 25.3 Å². The van der Waals surface area contributed by atoms with E-state index in [-0.39, 0.29) is 0 Å². The molecule has 0 aliphatic rings. The normalized spacial score (nSPS) is 11.4. The quantitative estimate of drug-likeness (QED) is 0.770. The van der Waals surface area contributed by atoms with Crippen LogP contribution < -0.4 is 4.90 Å². The van der Waals surface area contributed by atoms with Crippen LogP contribution in [-0.4, -0.2) is 31.8 Å². The van der Waals surface area contributed by atoms with E-state index in [9.17, 15) is 18.0 Å². The molecule has 3 nitrogen and oxygen atoms in total. The molecule has 20 heavy (non-hydrogen) atoms. The number of carbonyl (C=O) groups is 1. The lowest BCUT2D eigenvalue weighted by Gasteiger charge is -2.22. The van der Waals surface area contributed by atoms with E-state index in [0.717, 1.165) is 12.8 Å². The summed E-state index contributed by atoms with van der Waals surface area (Å²) in [6.45, 7) is 0.468. The second-order valence-corrected chi connectivity index (χ2v) is 4.34. The highest BCUT2D eigenvalue weighted by Gasteiger charge is 2.28. The predicted molar refractivity (Wildman–Crippen MR) is 70.6 cm³/mol. The molecule has 0 unspecified atom stereocenters. The van der Waals surface area contributed by atoms with Gasteiger partial charge in [-0.1, -0.05) is 31.5 Å². The molecular formula is C14H18F3NO2. The summed E-state index contributed by atoms with van der Waals surface area (Å²) in [6, 6.07) is 8.86. The Kier molecular flexibility index (Phi) is 6.51. The molecule has 0 saturated carbocycles. The summed E-state index contributed by atoms with van der Waals surface area (Å²) in [7, 11) is 0. The van der Waals surface area contributed by atoms with Crippen molar-refractivity contribution >= 4 is 11.6 Å². The van der Waals surface area contributed by atoms with Crippen molar-refractivity contribution in [1.82, 2.24) is 0 Å². The molecule has 0 aliphatic heterocycles. The minimum atomic E-state index is -4.42. The van der Waals surface area contributed by atoms with Gasteiger partial charge in [0.2, 0.25) is 0 Å². The average molecular weight is 289 g/mol. The average Bonchev–Trinajstić information content (AvgIpc) is 2.39. The highest BCUT2D eigenvalue weighted by molar-refractivity contribution is 5.94. The molecule has 0 fully saturated rings. The van der Waals surface area contributed by atoms with Crippen molar-refractivity contribution < 1.29 is 22.7 Å². The summed E-state index contributed by atoms with van der Waals surface area (Å²) >= 11 is 0. The lowest BCUT2D eigenvalue weighted by atomic mass is 10.2. The number of nitrogens with zero attached hydrogens (tertiary/aromatic N) is 1. The largest absolute Gasteiger partial charge is 0.411 e. The number of unbranched alkanes of at least 4 members (excludes halogenated alkanes) is 1. The topological polar surface area (TPSA) is 29.5 Å². The van der Waals surface area contributed by atoms with Gasteiger partial charge in [-0.05, 0) is 18.6 Å². The molecule has 1 aromatic carbocycles. The van der Waals surface area contributed by atoms with Crippen LogP contribution in [0.5, 0.6) is 0 Å². The van der Waals surface area contributed by atoms with Crippen LogP contribution in [0.4, 0.5) is 18.9 Å². The van der Waals surface area contributed by atoms with Gasteiger partial charge in [0.05, 0.1) is 0 Å². The van der Waals surface area contributed by atoms with Gasteiger partial charge in [0.25, 0.3) is 5.91 Å². The van der Waals surface area contributed by atoms with Crippen molar-refractivity contribution in [1.29, 1.82) is 0 Å². The summed E-state index contributed by atoms with van der Waals surface area (Å²) in [4.78, 5) is 13.4. The Balaban J connectivity index is 2.61. The summed E-state index contributed by atoms with van der Waals surface area (Å²) in [5.41, 5.74) is 0.668. The first-order valence-corrected chi connectivity index (χ1v) is 6.44. The van der Waals surface area contributed by atoms with Crippen molar-refractivity contribution in [2.24, 2.45) is 0 Å². The van der Waals surface area contributed by atoms with E-state index in [2.05, 4.69) is 4.74 Å². The molecule has 0 saturated heterocycles. The molecule has 1 rings (SSSR count). The van der Waals surface area contributed by atoms with Gasteiger partial charge in [0, 0.05) is 12.2 Å². The van der Waals surface area contributed by atoms with Crippen LogP contribution in [0.2, 0.25) is 0 Å². The third kappa shape index (κ3) is 6.06.